The predicted octanol–water partition coefficient (Wildman–Crippen LogP) is 3.21. The Morgan fingerprint density at radius 1 is 1.00 bits per heavy atom. The summed E-state index contributed by atoms with van der Waals surface area (Å²) in [7, 11) is 0. The van der Waals surface area contributed by atoms with E-state index in [1.54, 1.807) is 17.5 Å². The lowest BCUT2D eigenvalue weighted by Gasteiger charge is -1.95. The lowest BCUT2D eigenvalue weighted by Crippen LogP contribution is -1.78. The van der Waals surface area contributed by atoms with E-state index in [-0.39, 0.29) is 0 Å². The van der Waals surface area contributed by atoms with Crippen molar-refractivity contribution in [3.8, 4) is 21.1 Å². The maximum absolute atomic E-state index is 4.24. The number of aromatic nitrogens is 4. The Morgan fingerprint density at radius 2 is 1.72 bits per heavy atom. The highest BCUT2D eigenvalue weighted by Crippen LogP contribution is 2.30. The van der Waals surface area contributed by atoms with Crippen molar-refractivity contribution in [3.05, 3.63) is 41.7 Å². The van der Waals surface area contributed by atoms with E-state index in [1.165, 1.54) is 5.56 Å². The van der Waals surface area contributed by atoms with E-state index in [0.717, 1.165) is 26.8 Å². The van der Waals surface area contributed by atoms with Crippen LogP contribution in [0.1, 0.15) is 11.3 Å². The molecule has 0 spiro atoms. The van der Waals surface area contributed by atoms with Crippen LogP contribution in [0.4, 0.5) is 0 Å². The Bertz CT molecular complexity index is 666. The van der Waals surface area contributed by atoms with E-state index in [4.69, 9.17) is 0 Å². The number of rotatable bonds is 2. The van der Waals surface area contributed by atoms with Crippen molar-refractivity contribution in [3.63, 3.8) is 0 Å². The molecule has 0 saturated heterocycles. The van der Waals surface area contributed by atoms with Crippen molar-refractivity contribution in [2.24, 2.45) is 0 Å². The fourth-order valence-corrected chi connectivity index (χ4v) is 2.63. The number of nitrogens with zero attached hydrogens (tertiary/aromatic N) is 3. The first kappa shape index (κ1) is 11.1. The van der Waals surface area contributed by atoms with Crippen LogP contribution in [0.2, 0.25) is 0 Å². The zero-order chi connectivity index (χ0) is 12.5. The van der Waals surface area contributed by atoms with Crippen LogP contribution >= 0.6 is 11.3 Å². The molecule has 1 aromatic carbocycles. The van der Waals surface area contributed by atoms with Crippen molar-refractivity contribution in [2.75, 3.05) is 0 Å². The minimum absolute atomic E-state index is 0.900. The number of H-pyrrole nitrogens is 1. The van der Waals surface area contributed by atoms with Crippen LogP contribution in [0, 0.1) is 13.8 Å². The average molecular weight is 256 g/mol. The van der Waals surface area contributed by atoms with Gasteiger partial charge in [0.05, 0.1) is 11.8 Å². The Labute approximate surface area is 109 Å². The molecule has 90 valence electrons. The fraction of sp³-hybridized carbons (Fsp3) is 0.154. The van der Waals surface area contributed by atoms with E-state index >= 15 is 0 Å². The number of benzene rings is 1. The molecule has 4 nitrogen and oxygen atoms in total. The monoisotopic (exact) mass is 256 g/mol. The van der Waals surface area contributed by atoms with Gasteiger partial charge in [0.15, 0.2) is 5.01 Å². The minimum Gasteiger partial charge on any atom is -0.282 e. The summed E-state index contributed by atoms with van der Waals surface area (Å²) in [5.74, 6) is 0. The highest BCUT2D eigenvalue weighted by Gasteiger charge is 2.11. The Kier molecular flexibility index (Phi) is 2.68. The molecule has 0 saturated carbocycles. The number of hydrogen-bond donors (Lipinski definition) is 1. The fourth-order valence-electron chi connectivity index (χ4n) is 1.71. The zero-order valence-electron chi connectivity index (χ0n) is 10.1. The topological polar surface area (TPSA) is 54.5 Å². The molecule has 0 bridgehead atoms. The zero-order valence-corrected chi connectivity index (χ0v) is 11.0. The highest BCUT2D eigenvalue weighted by molar-refractivity contribution is 7.17. The molecule has 0 radical (unpaired) electrons. The molecule has 0 unspecified atom stereocenters. The quantitative estimate of drug-likeness (QED) is 0.766. The SMILES string of the molecule is Cc1ccc(-c2nnc(-c3cn[nH]c3C)s2)cc1. The van der Waals surface area contributed by atoms with Gasteiger partial charge in [0, 0.05) is 11.3 Å². The van der Waals surface area contributed by atoms with Gasteiger partial charge in [-0.2, -0.15) is 5.10 Å². The summed E-state index contributed by atoms with van der Waals surface area (Å²) in [6.07, 6.45) is 1.79. The lowest BCUT2D eigenvalue weighted by molar-refractivity contribution is 1.05. The second kappa shape index (κ2) is 4.34. The third kappa shape index (κ3) is 1.93. The van der Waals surface area contributed by atoms with E-state index in [1.807, 2.05) is 6.92 Å². The molecule has 0 atom stereocenters. The van der Waals surface area contributed by atoms with Crippen molar-refractivity contribution in [2.45, 2.75) is 13.8 Å². The molecule has 1 N–H and O–H groups in total. The normalized spacial score (nSPS) is 10.8. The average Bonchev–Trinajstić information content (AvgIpc) is 2.98. The molecule has 2 aromatic heterocycles. The van der Waals surface area contributed by atoms with Gasteiger partial charge < -0.3 is 0 Å². The van der Waals surface area contributed by atoms with Gasteiger partial charge in [-0.1, -0.05) is 41.2 Å². The maximum atomic E-state index is 4.24. The van der Waals surface area contributed by atoms with E-state index in [0.29, 0.717) is 0 Å². The Balaban J connectivity index is 1.99. The summed E-state index contributed by atoms with van der Waals surface area (Å²) in [6, 6.07) is 8.31. The standard InChI is InChI=1S/C13H12N4S/c1-8-3-5-10(6-4-8)12-16-17-13(18-12)11-7-14-15-9(11)2/h3-7H,1-2H3,(H,14,15). The largest absolute Gasteiger partial charge is 0.282 e. The van der Waals surface area contributed by atoms with Crippen molar-refractivity contribution >= 4 is 11.3 Å². The summed E-state index contributed by atoms with van der Waals surface area (Å²) >= 11 is 1.58. The van der Waals surface area contributed by atoms with Crippen LogP contribution in [-0.4, -0.2) is 20.4 Å². The first-order chi connectivity index (χ1) is 8.74. The lowest BCUT2D eigenvalue weighted by atomic mass is 10.2. The van der Waals surface area contributed by atoms with Crippen molar-refractivity contribution < 1.29 is 0 Å². The molecular formula is C13H12N4S. The Morgan fingerprint density at radius 3 is 2.39 bits per heavy atom. The van der Waals surface area contributed by atoms with Gasteiger partial charge in [0.1, 0.15) is 5.01 Å². The number of aromatic amines is 1. The molecule has 0 amide bonds. The van der Waals surface area contributed by atoms with Crippen LogP contribution in [-0.2, 0) is 0 Å². The molecule has 0 aliphatic carbocycles. The first-order valence-corrected chi connectivity index (χ1v) is 6.46. The Hall–Kier alpha value is -2.01. The molecule has 18 heavy (non-hydrogen) atoms. The van der Waals surface area contributed by atoms with Crippen LogP contribution in [0.15, 0.2) is 30.5 Å². The number of aryl methyl sites for hydroxylation is 2. The predicted molar refractivity (Wildman–Crippen MR) is 72.4 cm³/mol. The molecule has 3 rings (SSSR count). The van der Waals surface area contributed by atoms with Gasteiger partial charge in [0.25, 0.3) is 0 Å². The van der Waals surface area contributed by atoms with E-state index in [2.05, 4.69) is 51.6 Å². The smallest absolute Gasteiger partial charge is 0.151 e. The molecule has 3 aromatic rings. The van der Waals surface area contributed by atoms with Gasteiger partial charge in [-0.15, -0.1) is 10.2 Å². The second-order valence-electron chi connectivity index (χ2n) is 4.19. The molecule has 0 aliphatic heterocycles. The van der Waals surface area contributed by atoms with Crippen molar-refractivity contribution in [1.29, 1.82) is 0 Å². The van der Waals surface area contributed by atoms with Crippen LogP contribution in [0.5, 0.6) is 0 Å². The summed E-state index contributed by atoms with van der Waals surface area (Å²) in [4.78, 5) is 0. The van der Waals surface area contributed by atoms with E-state index < -0.39 is 0 Å². The van der Waals surface area contributed by atoms with Crippen LogP contribution < -0.4 is 0 Å². The summed E-state index contributed by atoms with van der Waals surface area (Å²) in [5.41, 5.74) is 4.38. The maximum Gasteiger partial charge on any atom is 0.151 e. The third-order valence-corrected chi connectivity index (χ3v) is 3.79. The summed E-state index contributed by atoms with van der Waals surface area (Å²) in [5, 5.41) is 17.2. The summed E-state index contributed by atoms with van der Waals surface area (Å²) < 4.78 is 0. The number of nitrogens with one attached hydrogen (secondary N) is 1. The van der Waals surface area contributed by atoms with Gasteiger partial charge >= 0.3 is 0 Å². The molecule has 0 fully saturated rings. The number of hydrogen-bond acceptors (Lipinski definition) is 4. The molecular weight excluding hydrogens is 244 g/mol. The van der Waals surface area contributed by atoms with Gasteiger partial charge in [0.2, 0.25) is 0 Å². The van der Waals surface area contributed by atoms with Crippen LogP contribution in [0.3, 0.4) is 0 Å². The first-order valence-electron chi connectivity index (χ1n) is 5.65. The van der Waals surface area contributed by atoms with Crippen molar-refractivity contribution in [1.82, 2.24) is 20.4 Å². The summed E-state index contributed by atoms with van der Waals surface area (Å²) in [6.45, 7) is 4.05. The van der Waals surface area contributed by atoms with Gasteiger partial charge in [-0.25, -0.2) is 0 Å². The second-order valence-corrected chi connectivity index (χ2v) is 5.16. The molecule has 5 heteroatoms. The van der Waals surface area contributed by atoms with Gasteiger partial charge in [-0.05, 0) is 13.8 Å². The highest BCUT2D eigenvalue weighted by atomic mass is 32.1. The molecule has 0 aliphatic rings. The minimum atomic E-state index is 0.900. The third-order valence-electron chi connectivity index (χ3n) is 2.78. The van der Waals surface area contributed by atoms with E-state index in [9.17, 15) is 0 Å². The van der Waals surface area contributed by atoms with Gasteiger partial charge in [-0.3, -0.25) is 5.10 Å². The molecule has 2 heterocycles. The van der Waals surface area contributed by atoms with Crippen LogP contribution in [0.25, 0.3) is 21.1 Å².